The Morgan fingerprint density at radius 3 is 2.38 bits per heavy atom. The second-order valence-corrected chi connectivity index (χ2v) is 5.92. The van der Waals surface area contributed by atoms with Gasteiger partial charge < -0.3 is 9.51 Å². The molecular weight excluding hydrogens is 328 g/mol. The Morgan fingerprint density at radius 2 is 1.69 bits per heavy atom. The van der Waals surface area contributed by atoms with Gasteiger partial charge in [0.15, 0.2) is 5.78 Å². The second kappa shape index (κ2) is 5.87. The number of benzene rings is 2. The molecule has 124 valence electrons. The van der Waals surface area contributed by atoms with Crippen LogP contribution in [0.3, 0.4) is 0 Å². The van der Waals surface area contributed by atoms with Gasteiger partial charge in [-0.15, -0.1) is 0 Å². The fourth-order valence-electron chi connectivity index (χ4n) is 3.12. The summed E-state index contributed by atoms with van der Waals surface area (Å²) in [7, 11) is 0. The SMILES string of the molecule is N#Cc1cc(C(=O)c2ccc(C(=O)O)cc2)c2c(ccc3cccn32)c1. The van der Waals surface area contributed by atoms with Crippen molar-refractivity contribution in [2.45, 2.75) is 0 Å². The highest BCUT2D eigenvalue weighted by Crippen LogP contribution is 2.26. The van der Waals surface area contributed by atoms with E-state index in [0.717, 1.165) is 16.4 Å². The Hall–Kier alpha value is -3.91. The van der Waals surface area contributed by atoms with E-state index in [0.29, 0.717) is 16.7 Å². The summed E-state index contributed by atoms with van der Waals surface area (Å²) in [5.74, 6) is -1.31. The maximum absolute atomic E-state index is 13.1. The van der Waals surface area contributed by atoms with Crippen LogP contribution in [0.1, 0.15) is 31.8 Å². The van der Waals surface area contributed by atoms with Crippen molar-refractivity contribution in [2.24, 2.45) is 0 Å². The first-order valence-corrected chi connectivity index (χ1v) is 7.90. The van der Waals surface area contributed by atoms with Crippen LogP contribution in [-0.2, 0) is 0 Å². The summed E-state index contributed by atoms with van der Waals surface area (Å²) in [6.45, 7) is 0. The lowest BCUT2D eigenvalue weighted by Gasteiger charge is -2.10. The molecule has 0 spiro atoms. The Kier molecular flexibility index (Phi) is 3.52. The molecule has 2 aromatic heterocycles. The molecule has 0 bridgehead atoms. The molecule has 0 radical (unpaired) electrons. The molecule has 0 amide bonds. The molecule has 5 heteroatoms. The van der Waals surface area contributed by atoms with E-state index in [1.54, 1.807) is 12.1 Å². The first-order valence-electron chi connectivity index (χ1n) is 7.90. The Bertz CT molecular complexity index is 1230. The van der Waals surface area contributed by atoms with Gasteiger partial charge in [-0.05, 0) is 42.5 Å². The van der Waals surface area contributed by atoms with E-state index in [9.17, 15) is 14.9 Å². The lowest BCUT2D eigenvalue weighted by Crippen LogP contribution is -2.06. The molecule has 1 N–H and O–H groups in total. The van der Waals surface area contributed by atoms with Crippen molar-refractivity contribution in [3.05, 3.63) is 89.1 Å². The minimum Gasteiger partial charge on any atom is -0.478 e. The van der Waals surface area contributed by atoms with Crippen LogP contribution >= 0.6 is 0 Å². The number of carboxylic acids is 1. The highest BCUT2D eigenvalue weighted by molar-refractivity contribution is 6.16. The van der Waals surface area contributed by atoms with Crippen molar-refractivity contribution in [1.82, 2.24) is 4.40 Å². The first kappa shape index (κ1) is 15.6. The van der Waals surface area contributed by atoms with Gasteiger partial charge in [0.1, 0.15) is 0 Å². The second-order valence-electron chi connectivity index (χ2n) is 5.92. The average Bonchev–Trinajstić information content (AvgIpc) is 3.15. The van der Waals surface area contributed by atoms with Crippen LogP contribution in [0.25, 0.3) is 16.4 Å². The summed E-state index contributed by atoms with van der Waals surface area (Å²) in [6, 6.07) is 18.8. The minimum atomic E-state index is -1.05. The van der Waals surface area contributed by atoms with E-state index in [1.807, 2.05) is 34.9 Å². The average molecular weight is 340 g/mol. The molecular formula is C21H12N2O3. The van der Waals surface area contributed by atoms with E-state index in [1.165, 1.54) is 24.3 Å². The van der Waals surface area contributed by atoms with Gasteiger partial charge in [-0.25, -0.2) is 4.79 Å². The molecule has 2 heterocycles. The van der Waals surface area contributed by atoms with Crippen LogP contribution in [0, 0.1) is 11.3 Å². The molecule has 0 saturated carbocycles. The van der Waals surface area contributed by atoms with Crippen molar-refractivity contribution in [3.8, 4) is 6.07 Å². The van der Waals surface area contributed by atoms with Gasteiger partial charge in [0.2, 0.25) is 0 Å². The minimum absolute atomic E-state index is 0.116. The number of nitrogens with zero attached hydrogens (tertiary/aromatic N) is 2. The molecule has 5 nitrogen and oxygen atoms in total. The monoisotopic (exact) mass is 340 g/mol. The number of pyridine rings is 1. The smallest absolute Gasteiger partial charge is 0.335 e. The van der Waals surface area contributed by atoms with Gasteiger partial charge in [-0.1, -0.05) is 18.2 Å². The Labute approximate surface area is 148 Å². The lowest BCUT2D eigenvalue weighted by atomic mass is 9.97. The number of nitriles is 1. The molecule has 0 unspecified atom stereocenters. The van der Waals surface area contributed by atoms with E-state index < -0.39 is 5.97 Å². The normalized spacial score (nSPS) is 10.7. The molecule has 4 aromatic rings. The van der Waals surface area contributed by atoms with Gasteiger partial charge in [0, 0.05) is 28.2 Å². The maximum Gasteiger partial charge on any atom is 0.335 e. The number of carbonyl (C=O) groups excluding carboxylic acids is 1. The third-order valence-corrected chi connectivity index (χ3v) is 4.36. The highest BCUT2D eigenvalue weighted by Gasteiger charge is 2.17. The number of hydrogen-bond acceptors (Lipinski definition) is 3. The van der Waals surface area contributed by atoms with Crippen molar-refractivity contribution in [2.75, 3.05) is 0 Å². The summed E-state index contributed by atoms with van der Waals surface area (Å²) in [5.41, 5.74) is 2.95. The van der Waals surface area contributed by atoms with Crippen LogP contribution in [0.4, 0.5) is 0 Å². The fraction of sp³-hybridized carbons (Fsp3) is 0. The molecule has 0 aliphatic rings. The van der Waals surface area contributed by atoms with Crippen molar-refractivity contribution < 1.29 is 14.7 Å². The molecule has 0 atom stereocenters. The number of ketones is 1. The van der Waals surface area contributed by atoms with E-state index in [4.69, 9.17) is 5.11 Å². The quantitative estimate of drug-likeness (QED) is 0.574. The number of rotatable bonds is 3. The molecule has 2 aromatic carbocycles. The predicted molar refractivity (Wildman–Crippen MR) is 96.5 cm³/mol. The zero-order valence-electron chi connectivity index (χ0n) is 13.5. The number of carbonyl (C=O) groups is 2. The van der Waals surface area contributed by atoms with Crippen LogP contribution in [0.2, 0.25) is 0 Å². The van der Waals surface area contributed by atoms with Crippen LogP contribution in [-0.4, -0.2) is 21.3 Å². The Morgan fingerprint density at radius 1 is 0.962 bits per heavy atom. The predicted octanol–water partition coefficient (Wildman–Crippen LogP) is 3.89. The van der Waals surface area contributed by atoms with E-state index >= 15 is 0 Å². The van der Waals surface area contributed by atoms with Gasteiger partial charge >= 0.3 is 5.97 Å². The zero-order chi connectivity index (χ0) is 18.3. The number of carboxylic acid groups (broad SMARTS) is 1. The molecule has 0 aliphatic carbocycles. The molecule has 26 heavy (non-hydrogen) atoms. The molecule has 0 fully saturated rings. The van der Waals surface area contributed by atoms with Gasteiger partial charge in [-0.3, -0.25) is 4.79 Å². The third kappa shape index (κ3) is 2.41. The summed E-state index contributed by atoms with van der Waals surface area (Å²) in [5, 5.41) is 19.1. The summed E-state index contributed by atoms with van der Waals surface area (Å²) < 4.78 is 1.91. The summed E-state index contributed by atoms with van der Waals surface area (Å²) in [6.07, 6.45) is 1.87. The van der Waals surface area contributed by atoms with Crippen LogP contribution < -0.4 is 0 Å². The van der Waals surface area contributed by atoms with Gasteiger partial charge in [0.25, 0.3) is 0 Å². The zero-order valence-corrected chi connectivity index (χ0v) is 13.5. The first-order chi connectivity index (χ1) is 12.6. The van der Waals surface area contributed by atoms with Crippen LogP contribution in [0.5, 0.6) is 0 Å². The van der Waals surface area contributed by atoms with Crippen molar-refractivity contribution in [1.29, 1.82) is 5.26 Å². The van der Waals surface area contributed by atoms with E-state index in [2.05, 4.69) is 6.07 Å². The third-order valence-electron chi connectivity index (χ3n) is 4.36. The summed E-state index contributed by atoms with van der Waals surface area (Å²) in [4.78, 5) is 24.1. The van der Waals surface area contributed by atoms with Crippen LogP contribution in [0.15, 0.2) is 66.9 Å². The van der Waals surface area contributed by atoms with Crippen molar-refractivity contribution in [3.63, 3.8) is 0 Å². The highest BCUT2D eigenvalue weighted by atomic mass is 16.4. The molecule has 0 saturated heterocycles. The molecule has 0 aliphatic heterocycles. The van der Waals surface area contributed by atoms with Gasteiger partial charge in [0.05, 0.1) is 22.7 Å². The fourth-order valence-corrected chi connectivity index (χ4v) is 3.12. The largest absolute Gasteiger partial charge is 0.478 e. The number of fused-ring (bicyclic) bond motifs is 3. The number of aromatic carboxylic acids is 1. The number of aromatic nitrogens is 1. The standard InChI is InChI=1S/C21H12N2O3/c22-12-13-10-16-7-8-17-2-1-9-23(17)19(16)18(11-13)20(24)14-3-5-15(6-4-14)21(25)26/h1-11H,(H,25,26). The maximum atomic E-state index is 13.1. The lowest BCUT2D eigenvalue weighted by molar-refractivity contribution is 0.0696. The Balaban J connectivity index is 1.97. The molecule has 4 rings (SSSR count). The summed E-state index contributed by atoms with van der Waals surface area (Å²) >= 11 is 0. The van der Waals surface area contributed by atoms with Gasteiger partial charge in [-0.2, -0.15) is 5.26 Å². The van der Waals surface area contributed by atoms with Crippen molar-refractivity contribution >= 4 is 28.2 Å². The van der Waals surface area contributed by atoms with E-state index in [-0.39, 0.29) is 11.3 Å². The topological polar surface area (TPSA) is 82.6 Å². The number of hydrogen-bond donors (Lipinski definition) is 1.